The Morgan fingerprint density at radius 1 is 1.00 bits per heavy atom. The van der Waals surface area contributed by atoms with E-state index in [1.807, 2.05) is 35.2 Å². The number of carbonyl (C=O) groups excluding carboxylic acids is 3. The number of benzene rings is 1. The highest BCUT2D eigenvalue weighted by atomic mass is 16.2. The van der Waals surface area contributed by atoms with E-state index < -0.39 is 0 Å². The molecule has 162 valence electrons. The Hall–Kier alpha value is -2.63. The van der Waals surface area contributed by atoms with Crippen LogP contribution in [0.3, 0.4) is 0 Å². The van der Waals surface area contributed by atoms with Crippen LogP contribution < -0.4 is 0 Å². The molecule has 0 bridgehead atoms. The van der Waals surface area contributed by atoms with Crippen LogP contribution in [0.5, 0.6) is 0 Å². The predicted octanol–water partition coefficient (Wildman–Crippen LogP) is 2.95. The molecule has 6 nitrogen and oxygen atoms in total. The van der Waals surface area contributed by atoms with Crippen LogP contribution in [0.15, 0.2) is 43.0 Å². The van der Waals surface area contributed by atoms with E-state index in [2.05, 4.69) is 18.4 Å². The molecule has 2 aliphatic rings. The monoisotopic (exact) mass is 411 g/mol. The van der Waals surface area contributed by atoms with Gasteiger partial charge in [-0.3, -0.25) is 14.4 Å². The molecule has 1 aromatic rings. The maximum Gasteiger partial charge on any atom is 0.253 e. The molecule has 2 saturated heterocycles. The summed E-state index contributed by atoms with van der Waals surface area (Å²) in [7, 11) is 0. The molecule has 0 spiro atoms. The van der Waals surface area contributed by atoms with Gasteiger partial charge >= 0.3 is 0 Å². The molecule has 1 aromatic carbocycles. The Bertz CT molecular complexity index is 748. The third-order valence-electron chi connectivity index (χ3n) is 6.29. The van der Waals surface area contributed by atoms with Gasteiger partial charge in [-0.2, -0.15) is 0 Å². The maximum atomic E-state index is 13.3. The van der Waals surface area contributed by atoms with Crippen molar-refractivity contribution in [3.8, 4) is 0 Å². The zero-order valence-corrected chi connectivity index (χ0v) is 18.0. The summed E-state index contributed by atoms with van der Waals surface area (Å²) >= 11 is 0. The van der Waals surface area contributed by atoms with Crippen LogP contribution in [-0.2, 0) is 9.59 Å². The van der Waals surface area contributed by atoms with E-state index in [9.17, 15) is 14.4 Å². The molecule has 0 saturated carbocycles. The molecule has 3 amide bonds. The normalized spacial score (nSPS) is 18.2. The Morgan fingerprint density at radius 3 is 2.17 bits per heavy atom. The van der Waals surface area contributed by atoms with E-state index in [1.54, 1.807) is 4.90 Å². The van der Waals surface area contributed by atoms with E-state index >= 15 is 0 Å². The lowest BCUT2D eigenvalue weighted by atomic mass is 9.93. The van der Waals surface area contributed by atoms with Gasteiger partial charge in [-0.15, -0.1) is 0 Å². The standard InChI is InChI=1S/C24H33N3O3/c1-3-14-27(24(30)20-10-15-25(16-11-20)22(28)4-2)21-12-17-26(18-13-21)23(29)19-8-6-5-7-9-19/h4-9,20-21H,2-3,10-18H2,1H3. The van der Waals surface area contributed by atoms with Crippen LogP contribution in [0.2, 0.25) is 0 Å². The average Bonchev–Trinajstić information content (AvgIpc) is 2.82. The second-order valence-corrected chi connectivity index (χ2v) is 8.22. The van der Waals surface area contributed by atoms with Crippen molar-refractivity contribution < 1.29 is 14.4 Å². The molecule has 0 N–H and O–H groups in total. The molecule has 2 aliphatic heterocycles. The van der Waals surface area contributed by atoms with Gasteiger partial charge in [0.1, 0.15) is 0 Å². The van der Waals surface area contributed by atoms with Crippen LogP contribution >= 0.6 is 0 Å². The molecule has 0 unspecified atom stereocenters. The number of nitrogens with zero attached hydrogens (tertiary/aromatic N) is 3. The molecule has 0 aliphatic carbocycles. The van der Waals surface area contributed by atoms with E-state index in [0.29, 0.717) is 39.0 Å². The third kappa shape index (κ3) is 5.10. The number of likely N-dealkylation sites (tertiary alicyclic amines) is 2. The van der Waals surface area contributed by atoms with Gasteiger partial charge in [0.25, 0.3) is 5.91 Å². The molecule has 3 rings (SSSR count). The van der Waals surface area contributed by atoms with E-state index in [4.69, 9.17) is 0 Å². The Balaban J connectivity index is 1.56. The van der Waals surface area contributed by atoms with Gasteiger partial charge in [-0.05, 0) is 50.3 Å². The Kier molecular flexibility index (Phi) is 7.66. The van der Waals surface area contributed by atoms with Crippen molar-refractivity contribution in [3.05, 3.63) is 48.6 Å². The third-order valence-corrected chi connectivity index (χ3v) is 6.29. The lowest BCUT2D eigenvalue weighted by molar-refractivity contribution is -0.142. The van der Waals surface area contributed by atoms with Crippen LogP contribution in [0.1, 0.15) is 49.4 Å². The summed E-state index contributed by atoms with van der Waals surface area (Å²) in [5, 5.41) is 0. The summed E-state index contributed by atoms with van der Waals surface area (Å²) in [5.74, 6) is 0.216. The number of rotatable bonds is 6. The van der Waals surface area contributed by atoms with Gasteiger partial charge in [0.15, 0.2) is 0 Å². The minimum absolute atomic E-state index is 0.0191. The number of amides is 3. The summed E-state index contributed by atoms with van der Waals surface area (Å²) in [6, 6.07) is 9.57. The minimum atomic E-state index is -0.0539. The van der Waals surface area contributed by atoms with Crippen molar-refractivity contribution in [1.29, 1.82) is 0 Å². The van der Waals surface area contributed by atoms with Gasteiger partial charge < -0.3 is 14.7 Å². The molecular weight excluding hydrogens is 378 g/mol. The van der Waals surface area contributed by atoms with Crippen molar-refractivity contribution in [1.82, 2.24) is 14.7 Å². The van der Waals surface area contributed by atoms with Crippen molar-refractivity contribution in [3.63, 3.8) is 0 Å². The van der Waals surface area contributed by atoms with Gasteiger partial charge in [0.05, 0.1) is 0 Å². The van der Waals surface area contributed by atoms with E-state index in [0.717, 1.165) is 31.4 Å². The molecule has 2 heterocycles. The number of carbonyl (C=O) groups is 3. The van der Waals surface area contributed by atoms with Crippen molar-refractivity contribution in [2.24, 2.45) is 5.92 Å². The summed E-state index contributed by atoms with van der Waals surface area (Å²) in [4.78, 5) is 43.5. The minimum Gasteiger partial charge on any atom is -0.339 e. The summed E-state index contributed by atoms with van der Waals surface area (Å²) in [6.45, 7) is 8.99. The zero-order valence-electron chi connectivity index (χ0n) is 18.0. The fourth-order valence-corrected chi connectivity index (χ4v) is 4.57. The maximum absolute atomic E-state index is 13.3. The Morgan fingerprint density at radius 2 is 1.60 bits per heavy atom. The van der Waals surface area contributed by atoms with Crippen molar-refractivity contribution in [2.45, 2.75) is 45.1 Å². The summed E-state index contributed by atoms with van der Waals surface area (Å²) in [6.07, 6.45) is 5.32. The van der Waals surface area contributed by atoms with Gasteiger partial charge in [-0.1, -0.05) is 31.7 Å². The number of hydrogen-bond donors (Lipinski definition) is 0. The summed E-state index contributed by atoms with van der Waals surface area (Å²) in [5.41, 5.74) is 0.721. The molecule has 0 aromatic heterocycles. The fourth-order valence-electron chi connectivity index (χ4n) is 4.57. The first-order valence-electron chi connectivity index (χ1n) is 11.1. The first-order chi connectivity index (χ1) is 14.5. The van der Waals surface area contributed by atoms with Crippen LogP contribution in [0, 0.1) is 5.92 Å². The highest BCUT2D eigenvalue weighted by molar-refractivity contribution is 5.94. The fraction of sp³-hybridized carbons (Fsp3) is 0.542. The first-order valence-corrected chi connectivity index (χ1v) is 11.1. The molecule has 0 atom stereocenters. The highest BCUT2D eigenvalue weighted by Gasteiger charge is 2.34. The molecule has 6 heteroatoms. The highest BCUT2D eigenvalue weighted by Crippen LogP contribution is 2.25. The first kappa shape index (κ1) is 22.1. The van der Waals surface area contributed by atoms with Crippen LogP contribution in [0.4, 0.5) is 0 Å². The largest absolute Gasteiger partial charge is 0.339 e. The topological polar surface area (TPSA) is 60.9 Å². The smallest absolute Gasteiger partial charge is 0.253 e. The Labute approximate surface area is 179 Å². The van der Waals surface area contributed by atoms with Crippen molar-refractivity contribution >= 4 is 17.7 Å². The molecule has 0 radical (unpaired) electrons. The number of hydrogen-bond acceptors (Lipinski definition) is 3. The lowest BCUT2D eigenvalue weighted by Crippen LogP contribution is -2.52. The van der Waals surface area contributed by atoms with Gasteiger partial charge in [0.2, 0.25) is 11.8 Å². The van der Waals surface area contributed by atoms with Gasteiger partial charge in [-0.25, -0.2) is 0 Å². The second kappa shape index (κ2) is 10.4. The quantitative estimate of drug-likeness (QED) is 0.676. The zero-order chi connectivity index (χ0) is 21.5. The van der Waals surface area contributed by atoms with Gasteiger partial charge in [0, 0.05) is 50.2 Å². The average molecular weight is 412 g/mol. The number of piperidine rings is 2. The van der Waals surface area contributed by atoms with Crippen molar-refractivity contribution in [2.75, 3.05) is 32.7 Å². The van der Waals surface area contributed by atoms with Crippen LogP contribution in [-0.4, -0.2) is 71.2 Å². The SMILES string of the molecule is C=CC(=O)N1CCC(C(=O)N(CCC)C2CCN(C(=O)c3ccccc3)CC2)CC1. The van der Waals surface area contributed by atoms with E-state index in [-0.39, 0.29) is 29.7 Å². The predicted molar refractivity (Wildman–Crippen MR) is 117 cm³/mol. The summed E-state index contributed by atoms with van der Waals surface area (Å²) < 4.78 is 0. The second-order valence-electron chi connectivity index (χ2n) is 8.22. The van der Waals surface area contributed by atoms with Crippen LogP contribution in [0.25, 0.3) is 0 Å². The lowest BCUT2D eigenvalue weighted by Gasteiger charge is -2.41. The molecule has 2 fully saturated rings. The molecular formula is C24H33N3O3. The van der Waals surface area contributed by atoms with E-state index in [1.165, 1.54) is 6.08 Å². The molecule has 30 heavy (non-hydrogen) atoms.